The number of carbonyl (C=O) groups excluding carboxylic acids is 2. The fourth-order valence-electron chi connectivity index (χ4n) is 2.21. The van der Waals surface area contributed by atoms with E-state index in [1.165, 1.54) is 0 Å². The zero-order valence-corrected chi connectivity index (χ0v) is 12.1. The van der Waals surface area contributed by atoms with E-state index in [1.807, 2.05) is 30.3 Å². The van der Waals surface area contributed by atoms with Crippen molar-refractivity contribution in [1.29, 1.82) is 0 Å². The van der Waals surface area contributed by atoms with Gasteiger partial charge in [0.1, 0.15) is 0 Å². The SMILES string of the molecule is C=CCCc1ccccc1B1OC(=O)CN(C)CC(=O)O1. The molecule has 0 aromatic heterocycles. The molecule has 110 valence electrons. The number of likely N-dealkylation sites (N-methyl/N-ethyl adjacent to an activating group) is 1. The van der Waals surface area contributed by atoms with Crippen molar-refractivity contribution in [2.45, 2.75) is 12.8 Å². The van der Waals surface area contributed by atoms with Crippen LogP contribution in [0, 0.1) is 0 Å². The lowest BCUT2D eigenvalue weighted by Crippen LogP contribution is -2.48. The van der Waals surface area contributed by atoms with Crippen LogP contribution in [0.5, 0.6) is 0 Å². The van der Waals surface area contributed by atoms with Crippen molar-refractivity contribution in [3.05, 3.63) is 42.5 Å². The number of nitrogens with zero attached hydrogens (tertiary/aromatic N) is 1. The second-order valence-electron chi connectivity index (χ2n) is 5.01. The summed E-state index contributed by atoms with van der Waals surface area (Å²) in [7, 11) is 0.695. The van der Waals surface area contributed by atoms with Crippen LogP contribution in [0.3, 0.4) is 0 Å². The Hall–Kier alpha value is -2.08. The van der Waals surface area contributed by atoms with Crippen molar-refractivity contribution in [2.75, 3.05) is 20.1 Å². The summed E-state index contributed by atoms with van der Waals surface area (Å²) in [6, 6.07) is 7.49. The van der Waals surface area contributed by atoms with Crippen LogP contribution in [0.15, 0.2) is 36.9 Å². The lowest BCUT2D eigenvalue weighted by atomic mass is 9.74. The smallest absolute Gasteiger partial charge is 0.494 e. The van der Waals surface area contributed by atoms with Crippen molar-refractivity contribution in [2.24, 2.45) is 0 Å². The Bertz CT molecular complexity index is 526. The molecule has 1 aliphatic rings. The number of hydrogen-bond donors (Lipinski definition) is 0. The van der Waals surface area contributed by atoms with Crippen LogP contribution in [-0.2, 0) is 25.3 Å². The molecule has 0 N–H and O–H groups in total. The largest absolute Gasteiger partial charge is 0.636 e. The zero-order valence-electron chi connectivity index (χ0n) is 12.1. The van der Waals surface area contributed by atoms with Crippen LogP contribution in [-0.4, -0.2) is 44.1 Å². The first kappa shape index (κ1) is 15.3. The van der Waals surface area contributed by atoms with Gasteiger partial charge >= 0.3 is 19.1 Å². The summed E-state index contributed by atoms with van der Waals surface area (Å²) < 4.78 is 10.6. The molecule has 0 amide bonds. The molecule has 0 saturated carbocycles. The summed E-state index contributed by atoms with van der Waals surface area (Å²) >= 11 is 0. The first-order chi connectivity index (χ1) is 10.1. The maximum absolute atomic E-state index is 11.8. The number of allylic oxidation sites excluding steroid dienone is 1. The van der Waals surface area contributed by atoms with Gasteiger partial charge in [0.05, 0.1) is 13.1 Å². The maximum atomic E-state index is 11.8. The molecule has 1 saturated heterocycles. The third kappa shape index (κ3) is 4.19. The third-order valence-corrected chi connectivity index (χ3v) is 3.20. The lowest BCUT2D eigenvalue weighted by Gasteiger charge is -2.23. The second-order valence-corrected chi connectivity index (χ2v) is 5.01. The van der Waals surface area contributed by atoms with Gasteiger partial charge in [-0.1, -0.05) is 30.3 Å². The van der Waals surface area contributed by atoms with E-state index in [1.54, 1.807) is 11.9 Å². The predicted octanol–water partition coefficient (Wildman–Crippen LogP) is 0.532. The van der Waals surface area contributed by atoms with E-state index < -0.39 is 19.1 Å². The van der Waals surface area contributed by atoms with Gasteiger partial charge in [-0.3, -0.25) is 14.5 Å². The van der Waals surface area contributed by atoms with E-state index in [-0.39, 0.29) is 13.1 Å². The molecule has 0 spiro atoms. The van der Waals surface area contributed by atoms with Crippen LogP contribution in [0.4, 0.5) is 0 Å². The molecule has 1 aromatic rings. The summed E-state index contributed by atoms with van der Waals surface area (Å²) in [5.41, 5.74) is 1.70. The zero-order chi connectivity index (χ0) is 15.2. The summed E-state index contributed by atoms with van der Waals surface area (Å²) in [4.78, 5) is 25.1. The van der Waals surface area contributed by atoms with Crippen molar-refractivity contribution in [3.8, 4) is 0 Å². The molecule has 2 rings (SSSR count). The fraction of sp³-hybridized carbons (Fsp3) is 0.333. The topological polar surface area (TPSA) is 55.8 Å². The van der Waals surface area contributed by atoms with Gasteiger partial charge in [0.2, 0.25) is 0 Å². The minimum absolute atomic E-state index is 0.0699. The Labute approximate surface area is 124 Å². The average Bonchev–Trinajstić information content (AvgIpc) is 2.43. The van der Waals surface area contributed by atoms with Gasteiger partial charge in [-0.25, -0.2) is 0 Å². The van der Waals surface area contributed by atoms with E-state index in [9.17, 15) is 9.59 Å². The summed E-state index contributed by atoms with van der Waals surface area (Å²) in [6.07, 6.45) is 3.38. The van der Waals surface area contributed by atoms with Crippen molar-refractivity contribution in [3.63, 3.8) is 0 Å². The van der Waals surface area contributed by atoms with Crippen LogP contribution in [0.2, 0.25) is 0 Å². The molecule has 6 heteroatoms. The molecule has 0 unspecified atom stereocenters. The first-order valence-corrected chi connectivity index (χ1v) is 6.86. The van der Waals surface area contributed by atoms with Crippen molar-refractivity contribution < 1.29 is 18.9 Å². The molecule has 1 fully saturated rings. The Balaban J connectivity index is 2.24. The van der Waals surface area contributed by atoms with E-state index >= 15 is 0 Å². The predicted molar refractivity (Wildman–Crippen MR) is 80.0 cm³/mol. The Morgan fingerprint density at radius 2 is 1.86 bits per heavy atom. The highest BCUT2D eigenvalue weighted by Crippen LogP contribution is 2.07. The quantitative estimate of drug-likeness (QED) is 0.597. The van der Waals surface area contributed by atoms with Gasteiger partial charge in [-0.15, -0.1) is 6.58 Å². The third-order valence-electron chi connectivity index (χ3n) is 3.20. The van der Waals surface area contributed by atoms with E-state index in [0.717, 1.165) is 18.4 Å². The maximum Gasteiger partial charge on any atom is 0.636 e. The summed E-state index contributed by atoms with van der Waals surface area (Å²) in [5.74, 6) is -0.818. The first-order valence-electron chi connectivity index (χ1n) is 6.86. The van der Waals surface area contributed by atoms with Crippen LogP contribution in [0.1, 0.15) is 12.0 Å². The van der Waals surface area contributed by atoms with E-state index in [4.69, 9.17) is 9.31 Å². The Kier molecular flexibility index (Phi) is 5.17. The molecule has 0 radical (unpaired) electrons. The molecule has 1 heterocycles. The van der Waals surface area contributed by atoms with Gasteiger partial charge in [0.25, 0.3) is 0 Å². The molecule has 21 heavy (non-hydrogen) atoms. The van der Waals surface area contributed by atoms with Gasteiger partial charge < -0.3 is 9.31 Å². The molecule has 0 aliphatic carbocycles. The molecule has 1 aliphatic heterocycles. The Morgan fingerprint density at radius 1 is 1.24 bits per heavy atom. The molecule has 0 bridgehead atoms. The number of rotatable bonds is 4. The van der Waals surface area contributed by atoms with Gasteiger partial charge in [0, 0.05) is 5.46 Å². The minimum Gasteiger partial charge on any atom is -0.494 e. The lowest BCUT2D eigenvalue weighted by molar-refractivity contribution is -0.145. The highest BCUT2D eigenvalue weighted by Gasteiger charge is 2.34. The van der Waals surface area contributed by atoms with Gasteiger partial charge in [0.15, 0.2) is 0 Å². The number of carbonyl (C=O) groups is 2. The fourth-order valence-corrected chi connectivity index (χ4v) is 2.21. The Morgan fingerprint density at radius 3 is 2.48 bits per heavy atom. The molecular formula is C15H18BNO4. The number of benzene rings is 1. The second kappa shape index (κ2) is 7.08. The number of hydrogen-bond acceptors (Lipinski definition) is 5. The van der Waals surface area contributed by atoms with Crippen molar-refractivity contribution in [1.82, 2.24) is 4.90 Å². The van der Waals surface area contributed by atoms with Crippen LogP contribution in [0.25, 0.3) is 0 Å². The van der Waals surface area contributed by atoms with Crippen molar-refractivity contribution >= 4 is 24.5 Å². The van der Waals surface area contributed by atoms with E-state index in [2.05, 4.69) is 6.58 Å². The minimum atomic E-state index is -0.972. The van der Waals surface area contributed by atoms with Gasteiger partial charge in [-0.05, 0) is 25.5 Å². The van der Waals surface area contributed by atoms with Gasteiger partial charge in [-0.2, -0.15) is 0 Å². The van der Waals surface area contributed by atoms with E-state index in [0.29, 0.717) is 5.46 Å². The number of aryl methyl sites for hydroxylation is 1. The molecule has 0 atom stereocenters. The summed E-state index contributed by atoms with van der Waals surface area (Å²) in [6.45, 7) is 3.84. The standard InChI is InChI=1S/C15H18BNO4/c1-3-4-7-12-8-5-6-9-13(12)16-20-14(18)10-17(2)11-15(19)21-16/h3,5-6,8-9H,1,4,7,10-11H2,2H3. The molecule has 1 aromatic carbocycles. The van der Waals surface area contributed by atoms with Crippen LogP contribution < -0.4 is 5.46 Å². The summed E-state index contributed by atoms with van der Waals surface area (Å²) in [5, 5.41) is 0. The normalized spacial score (nSPS) is 16.7. The average molecular weight is 287 g/mol. The highest BCUT2D eigenvalue weighted by atomic mass is 16.6. The van der Waals surface area contributed by atoms with Crippen LogP contribution >= 0.6 is 0 Å². The monoisotopic (exact) mass is 287 g/mol. The highest BCUT2D eigenvalue weighted by molar-refractivity contribution is 6.65. The molecular weight excluding hydrogens is 269 g/mol. The molecule has 5 nitrogen and oxygen atoms in total.